The van der Waals surface area contributed by atoms with Crippen LogP contribution < -0.4 is 5.32 Å². The highest BCUT2D eigenvalue weighted by atomic mass is 16.3. The van der Waals surface area contributed by atoms with Gasteiger partial charge in [0.1, 0.15) is 0 Å². The smallest absolute Gasteiger partial charge is 0.0766 e. The van der Waals surface area contributed by atoms with Crippen LogP contribution in [-0.2, 0) is 13.6 Å². The topological polar surface area (TPSA) is 50.1 Å². The Balaban J connectivity index is 2.59. The molecule has 0 spiro atoms. The van der Waals surface area contributed by atoms with Gasteiger partial charge in [0.2, 0.25) is 0 Å². The molecule has 0 atom stereocenters. The van der Waals surface area contributed by atoms with Crippen molar-refractivity contribution in [3.63, 3.8) is 0 Å². The van der Waals surface area contributed by atoms with Crippen LogP contribution in [0, 0.1) is 0 Å². The molecule has 4 nitrogen and oxygen atoms in total. The van der Waals surface area contributed by atoms with E-state index >= 15 is 0 Å². The first kappa shape index (κ1) is 15.2. The Morgan fingerprint density at radius 2 is 2.00 bits per heavy atom. The van der Waals surface area contributed by atoms with Crippen LogP contribution in [0.2, 0.25) is 0 Å². The van der Waals surface area contributed by atoms with Crippen molar-refractivity contribution in [2.24, 2.45) is 7.05 Å². The van der Waals surface area contributed by atoms with Crippen molar-refractivity contribution in [3.8, 4) is 0 Å². The van der Waals surface area contributed by atoms with E-state index in [-0.39, 0.29) is 0 Å². The molecule has 1 rings (SSSR count). The summed E-state index contributed by atoms with van der Waals surface area (Å²) < 4.78 is 1.86. The molecule has 1 aromatic rings. The van der Waals surface area contributed by atoms with E-state index < -0.39 is 5.60 Å². The zero-order chi connectivity index (χ0) is 13.8. The Labute approximate surface area is 110 Å². The predicted molar refractivity (Wildman–Crippen MR) is 74.5 cm³/mol. The summed E-state index contributed by atoms with van der Waals surface area (Å²) in [5.74, 6) is 0.430. The van der Waals surface area contributed by atoms with Gasteiger partial charge in [-0.05, 0) is 18.8 Å². The van der Waals surface area contributed by atoms with Gasteiger partial charge in [0.05, 0.1) is 11.3 Å². The highest BCUT2D eigenvalue weighted by molar-refractivity contribution is 5.20. The van der Waals surface area contributed by atoms with Gasteiger partial charge in [0.25, 0.3) is 0 Å². The van der Waals surface area contributed by atoms with E-state index in [2.05, 4.69) is 30.5 Å². The Kier molecular flexibility index (Phi) is 5.35. The lowest BCUT2D eigenvalue weighted by atomic mass is 9.97. The minimum atomic E-state index is -0.583. The molecule has 1 heterocycles. The zero-order valence-electron chi connectivity index (χ0n) is 12.3. The van der Waals surface area contributed by atoms with Gasteiger partial charge in [-0.3, -0.25) is 4.68 Å². The third kappa shape index (κ3) is 3.82. The molecule has 4 heteroatoms. The third-order valence-corrected chi connectivity index (χ3v) is 3.57. The normalized spacial score (nSPS) is 12.4. The van der Waals surface area contributed by atoms with E-state index in [1.807, 2.05) is 25.6 Å². The molecule has 0 aliphatic heterocycles. The lowest BCUT2D eigenvalue weighted by Gasteiger charge is -2.25. The summed E-state index contributed by atoms with van der Waals surface area (Å²) in [6, 6.07) is 0. The first-order valence-electron chi connectivity index (χ1n) is 6.87. The fraction of sp³-hybridized carbons (Fsp3) is 0.786. The first-order valence-corrected chi connectivity index (χ1v) is 6.87. The molecule has 0 bridgehead atoms. The Morgan fingerprint density at radius 3 is 2.50 bits per heavy atom. The summed E-state index contributed by atoms with van der Waals surface area (Å²) in [6.07, 6.45) is 3.61. The van der Waals surface area contributed by atoms with Crippen LogP contribution in [0.15, 0.2) is 6.20 Å². The molecule has 0 radical (unpaired) electrons. The highest BCUT2D eigenvalue weighted by Gasteiger charge is 2.21. The van der Waals surface area contributed by atoms with Crippen LogP contribution in [0.1, 0.15) is 57.7 Å². The minimum Gasteiger partial charge on any atom is -0.389 e. The van der Waals surface area contributed by atoms with E-state index in [0.717, 1.165) is 25.1 Å². The number of rotatable bonds is 7. The lowest BCUT2D eigenvalue weighted by molar-refractivity contribution is 0.0323. The van der Waals surface area contributed by atoms with E-state index in [0.29, 0.717) is 12.5 Å². The largest absolute Gasteiger partial charge is 0.389 e. The number of aryl methyl sites for hydroxylation is 1. The van der Waals surface area contributed by atoms with Gasteiger partial charge >= 0.3 is 0 Å². The maximum Gasteiger partial charge on any atom is 0.0766 e. The Hall–Kier alpha value is -0.870. The Morgan fingerprint density at radius 1 is 1.39 bits per heavy atom. The second-order valence-electron chi connectivity index (χ2n) is 5.40. The van der Waals surface area contributed by atoms with E-state index in [4.69, 9.17) is 0 Å². The van der Waals surface area contributed by atoms with Crippen molar-refractivity contribution in [1.29, 1.82) is 0 Å². The second-order valence-corrected chi connectivity index (χ2v) is 5.40. The Bertz CT molecular complexity index is 367. The van der Waals surface area contributed by atoms with Crippen LogP contribution in [0.3, 0.4) is 0 Å². The molecule has 0 aromatic carbocycles. The standard InChI is InChI=1S/C14H27N3O/c1-6-14(18,7-2)10-15-8-12-9-17(5)16-13(12)11(3)4/h9,11,15,18H,6-8,10H2,1-5H3. The average molecular weight is 253 g/mol. The van der Waals surface area contributed by atoms with E-state index in [1.165, 1.54) is 5.56 Å². The van der Waals surface area contributed by atoms with Crippen LogP contribution in [0.25, 0.3) is 0 Å². The number of hydrogen-bond donors (Lipinski definition) is 2. The van der Waals surface area contributed by atoms with E-state index in [1.54, 1.807) is 0 Å². The van der Waals surface area contributed by atoms with Gasteiger partial charge in [-0.15, -0.1) is 0 Å². The zero-order valence-corrected chi connectivity index (χ0v) is 12.3. The monoisotopic (exact) mass is 253 g/mol. The number of nitrogens with zero attached hydrogens (tertiary/aromatic N) is 2. The van der Waals surface area contributed by atoms with E-state index in [9.17, 15) is 5.11 Å². The van der Waals surface area contributed by atoms with Crippen molar-refractivity contribution >= 4 is 0 Å². The second kappa shape index (κ2) is 6.34. The number of aromatic nitrogens is 2. The maximum atomic E-state index is 10.2. The SMILES string of the molecule is CCC(O)(CC)CNCc1cn(C)nc1C(C)C. The van der Waals surface area contributed by atoms with Gasteiger partial charge < -0.3 is 10.4 Å². The van der Waals surface area contributed by atoms with Crippen molar-refractivity contribution in [3.05, 3.63) is 17.5 Å². The quantitative estimate of drug-likeness (QED) is 0.783. The molecular formula is C14H27N3O. The average Bonchev–Trinajstić information content (AvgIpc) is 2.70. The molecule has 0 aliphatic carbocycles. The fourth-order valence-electron chi connectivity index (χ4n) is 2.11. The molecule has 0 saturated carbocycles. The van der Waals surface area contributed by atoms with Gasteiger partial charge in [0, 0.05) is 31.9 Å². The van der Waals surface area contributed by atoms with Crippen molar-refractivity contribution in [2.45, 2.75) is 58.6 Å². The molecule has 0 saturated heterocycles. The van der Waals surface area contributed by atoms with Gasteiger partial charge in [0.15, 0.2) is 0 Å². The molecule has 18 heavy (non-hydrogen) atoms. The summed E-state index contributed by atoms with van der Waals surface area (Å²) in [5.41, 5.74) is 1.78. The molecule has 0 aliphatic rings. The maximum absolute atomic E-state index is 10.2. The van der Waals surface area contributed by atoms with Crippen LogP contribution in [0.5, 0.6) is 0 Å². The number of nitrogens with one attached hydrogen (secondary N) is 1. The third-order valence-electron chi connectivity index (χ3n) is 3.57. The van der Waals surface area contributed by atoms with Crippen molar-refractivity contribution in [2.75, 3.05) is 6.54 Å². The van der Waals surface area contributed by atoms with Crippen LogP contribution in [0.4, 0.5) is 0 Å². The summed E-state index contributed by atoms with van der Waals surface area (Å²) in [5, 5.41) is 18.0. The summed E-state index contributed by atoms with van der Waals surface area (Å²) in [4.78, 5) is 0. The number of aliphatic hydroxyl groups is 1. The molecule has 0 unspecified atom stereocenters. The molecule has 104 valence electrons. The summed E-state index contributed by atoms with van der Waals surface area (Å²) in [6.45, 7) is 9.75. The fourth-order valence-corrected chi connectivity index (χ4v) is 2.11. The summed E-state index contributed by atoms with van der Waals surface area (Å²) in [7, 11) is 1.95. The molecule has 2 N–H and O–H groups in total. The number of hydrogen-bond acceptors (Lipinski definition) is 3. The molecule has 1 aromatic heterocycles. The summed E-state index contributed by atoms with van der Waals surface area (Å²) >= 11 is 0. The first-order chi connectivity index (χ1) is 8.41. The predicted octanol–water partition coefficient (Wildman–Crippen LogP) is 2.18. The highest BCUT2D eigenvalue weighted by Crippen LogP contribution is 2.18. The van der Waals surface area contributed by atoms with Crippen molar-refractivity contribution < 1.29 is 5.11 Å². The van der Waals surface area contributed by atoms with Crippen LogP contribution >= 0.6 is 0 Å². The van der Waals surface area contributed by atoms with Gasteiger partial charge in [-0.25, -0.2) is 0 Å². The molecular weight excluding hydrogens is 226 g/mol. The van der Waals surface area contributed by atoms with Crippen molar-refractivity contribution in [1.82, 2.24) is 15.1 Å². The van der Waals surface area contributed by atoms with Crippen LogP contribution in [-0.4, -0.2) is 27.0 Å². The molecule has 0 fully saturated rings. The van der Waals surface area contributed by atoms with Gasteiger partial charge in [-0.2, -0.15) is 5.10 Å². The lowest BCUT2D eigenvalue weighted by Crippen LogP contribution is -2.39. The minimum absolute atomic E-state index is 0.430. The van der Waals surface area contributed by atoms with Gasteiger partial charge in [-0.1, -0.05) is 27.7 Å². The molecule has 0 amide bonds.